The number of carbonyl (C=O) groups excluding carboxylic acids is 1. The molecule has 0 fully saturated rings. The summed E-state index contributed by atoms with van der Waals surface area (Å²) >= 11 is 0. The van der Waals surface area contributed by atoms with E-state index in [1.807, 2.05) is 0 Å². The highest BCUT2D eigenvalue weighted by Gasteiger charge is 2.27. The highest BCUT2D eigenvalue weighted by molar-refractivity contribution is 6.14. The normalized spacial score (nSPS) is 14.6. The fourth-order valence-electron chi connectivity index (χ4n) is 2.17. The van der Waals surface area contributed by atoms with Crippen LogP contribution in [0.4, 0.5) is 5.69 Å². The summed E-state index contributed by atoms with van der Waals surface area (Å²) in [5.74, 6) is 0.872. The predicted octanol–water partition coefficient (Wildman–Crippen LogP) is 3.22. The highest BCUT2D eigenvalue weighted by atomic mass is 16.6. The molecule has 0 radical (unpaired) electrons. The first kappa shape index (κ1) is 13.8. The van der Waals surface area contributed by atoms with Crippen molar-refractivity contribution in [3.8, 4) is 11.5 Å². The zero-order valence-corrected chi connectivity index (χ0v) is 11.6. The quantitative estimate of drug-likeness (QED) is 0.494. The average Bonchev–Trinajstić information content (AvgIpc) is 2.83. The third-order valence-corrected chi connectivity index (χ3v) is 3.26. The van der Waals surface area contributed by atoms with Gasteiger partial charge in [-0.1, -0.05) is 12.1 Å². The molecular formula is C16H11NO5. The summed E-state index contributed by atoms with van der Waals surface area (Å²) in [6, 6.07) is 10.9. The summed E-state index contributed by atoms with van der Waals surface area (Å²) < 4.78 is 10.6. The summed E-state index contributed by atoms with van der Waals surface area (Å²) in [5, 5.41) is 10.8. The molecule has 1 heterocycles. The van der Waals surface area contributed by atoms with E-state index in [4.69, 9.17) is 9.47 Å². The van der Waals surface area contributed by atoms with Gasteiger partial charge in [-0.15, -0.1) is 0 Å². The van der Waals surface area contributed by atoms with E-state index in [9.17, 15) is 14.9 Å². The molecular weight excluding hydrogens is 286 g/mol. The SMILES string of the molecule is COc1ccc2c(c1)O/C(=C/c1cccc([N+](=O)[O-])c1)C2=O. The van der Waals surface area contributed by atoms with E-state index in [0.29, 0.717) is 22.6 Å². The molecule has 0 amide bonds. The Kier molecular flexibility index (Phi) is 3.34. The molecule has 0 saturated carbocycles. The fourth-order valence-corrected chi connectivity index (χ4v) is 2.17. The third kappa shape index (κ3) is 2.42. The van der Waals surface area contributed by atoms with Crippen molar-refractivity contribution in [3.63, 3.8) is 0 Å². The van der Waals surface area contributed by atoms with Crippen molar-refractivity contribution in [2.24, 2.45) is 0 Å². The number of rotatable bonds is 3. The second-order valence-electron chi connectivity index (χ2n) is 4.65. The number of benzene rings is 2. The summed E-state index contributed by atoms with van der Waals surface area (Å²) in [6.07, 6.45) is 1.49. The Morgan fingerprint density at radius 3 is 2.77 bits per heavy atom. The van der Waals surface area contributed by atoms with Crippen molar-refractivity contribution in [3.05, 3.63) is 69.5 Å². The van der Waals surface area contributed by atoms with Crippen LogP contribution in [-0.4, -0.2) is 17.8 Å². The van der Waals surface area contributed by atoms with Gasteiger partial charge in [-0.25, -0.2) is 0 Å². The fraction of sp³-hybridized carbons (Fsp3) is 0.0625. The smallest absolute Gasteiger partial charge is 0.270 e. The van der Waals surface area contributed by atoms with Gasteiger partial charge in [0.05, 0.1) is 17.6 Å². The Hall–Kier alpha value is -3.15. The molecule has 1 aliphatic rings. The van der Waals surface area contributed by atoms with Crippen LogP contribution in [0, 0.1) is 10.1 Å². The lowest BCUT2D eigenvalue weighted by atomic mass is 10.1. The summed E-state index contributed by atoms with van der Waals surface area (Å²) in [5.41, 5.74) is 0.925. The number of ketones is 1. The largest absolute Gasteiger partial charge is 0.497 e. The zero-order valence-electron chi connectivity index (χ0n) is 11.6. The van der Waals surface area contributed by atoms with Crippen LogP contribution in [0.25, 0.3) is 6.08 Å². The minimum Gasteiger partial charge on any atom is -0.497 e. The zero-order chi connectivity index (χ0) is 15.7. The molecule has 0 saturated heterocycles. The second kappa shape index (κ2) is 5.33. The maximum Gasteiger partial charge on any atom is 0.270 e. The van der Waals surface area contributed by atoms with Crippen molar-refractivity contribution in [2.45, 2.75) is 0 Å². The van der Waals surface area contributed by atoms with Gasteiger partial charge >= 0.3 is 0 Å². The number of fused-ring (bicyclic) bond motifs is 1. The van der Waals surface area contributed by atoms with Crippen molar-refractivity contribution in [1.29, 1.82) is 0 Å². The first-order chi connectivity index (χ1) is 10.6. The van der Waals surface area contributed by atoms with Gasteiger partial charge in [-0.2, -0.15) is 0 Å². The van der Waals surface area contributed by atoms with Gasteiger partial charge in [0.1, 0.15) is 11.5 Å². The van der Waals surface area contributed by atoms with Crippen LogP contribution in [0.15, 0.2) is 48.2 Å². The molecule has 0 atom stereocenters. The molecule has 1 aliphatic heterocycles. The van der Waals surface area contributed by atoms with Crippen molar-refractivity contribution < 1.29 is 19.2 Å². The molecule has 22 heavy (non-hydrogen) atoms. The van der Waals surface area contributed by atoms with Gasteiger partial charge in [0.15, 0.2) is 5.76 Å². The van der Waals surface area contributed by atoms with Gasteiger partial charge in [-0.05, 0) is 23.8 Å². The minimum absolute atomic E-state index is 0.0426. The molecule has 0 aliphatic carbocycles. The summed E-state index contributed by atoms with van der Waals surface area (Å²) in [6.45, 7) is 0. The molecule has 0 bridgehead atoms. The number of Topliss-reactive ketones (excluding diaryl/α,β-unsaturated/α-hetero) is 1. The van der Waals surface area contributed by atoms with Gasteiger partial charge in [0, 0.05) is 18.2 Å². The molecule has 6 heteroatoms. The number of ether oxygens (including phenoxy) is 2. The minimum atomic E-state index is -0.487. The van der Waals surface area contributed by atoms with Gasteiger partial charge in [0.25, 0.3) is 5.69 Å². The molecule has 110 valence electrons. The van der Waals surface area contributed by atoms with Crippen LogP contribution in [0.1, 0.15) is 15.9 Å². The predicted molar refractivity (Wildman–Crippen MR) is 79.0 cm³/mol. The molecule has 0 unspecified atom stereocenters. The lowest BCUT2D eigenvalue weighted by Crippen LogP contribution is -1.98. The van der Waals surface area contributed by atoms with E-state index in [-0.39, 0.29) is 17.2 Å². The molecule has 0 aromatic heterocycles. The van der Waals surface area contributed by atoms with E-state index in [1.165, 1.54) is 25.3 Å². The number of hydrogen-bond acceptors (Lipinski definition) is 5. The maximum atomic E-state index is 12.3. The monoisotopic (exact) mass is 297 g/mol. The average molecular weight is 297 g/mol. The van der Waals surface area contributed by atoms with E-state index >= 15 is 0 Å². The van der Waals surface area contributed by atoms with Gasteiger partial charge < -0.3 is 9.47 Å². The van der Waals surface area contributed by atoms with Crippen molar-refractivity contribution in [2.75, 3.05) is 7.11 Å². The third-order valence-electron chi connectivity index (χ3n) is 3.26. The molecule has 0 N–H and O–H groups in total. The lowest BCUT2D eigenvalue weighted by molar-refractivity contribution is -0.384. The van der Waals surface area contributed by atoms with E-state index in [1.54, 1.807) is 30.3 Å². The Labute approximate surface area is 125 Å². The Balaban J connectivity index is 1.95. The number of nitro groups is 1. The number of non-ortho nitro benzene ring substituents is 1. The summed E-state index contributed by atoms with van der Waals surface area (Å²) in [7, 11) is 1.53. The number of allylic oxidation sites excluding steroid dienone is 1. The molecule has 6 nitrogen and oxygen atoms in total. The standard InChI is InChI=1S/C16H11NO5/c1-21-12-5-6-13-14(9-12)22-15(16(13)18)8-10-3-2-4-11(7-10)17(19)20/h2-9H,1H3/b15-8+. The van der Waals surface area contributed by atoms with Crippen LogP contribution < -0.4 is 9.47 Å². The molecule has 3 rings (SSSR count). The van der Waals surface area contributed by atoms with Crippen LogP contribution in [0.5, 0.6) is 11.5 Å². The van der Waals surface area contributed by atoms with Crippen LogP contribution in [0.2, 0.25) is 0 Å². The number of carbonyl (C=O) groups is 1. The summed E-state index contributed by atoms with van der Waals surface area (Å²) in [4.78, 5) is 22.5. The maximum absolute atomic E-state index is 12.3. The molecule has 0 spiro atoms. The lowest BCUT2D eigenvalue weighted by Gasteiger charge is -2.01. The first-order valence-corrected chi connectivity index (χ1v) is 6.45. The topological polar surface area (TPSA) is 78.7 Å². The number of methoxy groups -OCH3 is 1. The number of nitrogens with zero attached hydrogens (tertiary/aromatic N) is 1. The van der Waals surface area contributed by atoms with Crippen LogP contribution in [0.3, 0.4) is 0 Å². The van der Waals surface area contributed by atoms with Gasteiger partial charge in [0.2, 0.25) is 5.78 Å². The highest BCUT2D eigenvalue weighted by Crippen LogP contribution is 2.34. The van der Waals surface area contributed by atoms with Crippen LogP contribution in [-0.2, 0) is 0 Å². The van der Waals surface area contributed by atoms with E-state index in [0.717, 1.165) is 0 Å². The Morgan fingerprint density at radius 1 is 1.23 bits per heavy atom. The first-order valence-electron chi connectivity index (χ1n) is 6.45. The van der Waals surface area contributed by atoms with Gasteiger partial charge in [-0.3, -0.25) is 14.9 Å². The van der Waals surface area contributed by atoms with Crippen molar-refractivity contribution >= 4 is 17.5 Å². The Bertz CT molecular complexity index is 810. The molecule has 2 aromatic rings. The second-order valence-corrected chi connectivity index (χ2v) is 4.65. The molecule has 2 aromatic carbocycles. The number of nitro benzene ring substituents is 1. The van der Waals surface area contributed by atoms with Crippen molar-refractivity contribution in [1.82, 2.24) is 0 Å². The van der Waals surface area contributed by atoms with E-state index < -0.39 is 4.92 Å². The Morgan fingerprint density at radius 2 is 2.05 bits per heavy atom. The van der Waals surface area contributed by atoms with E-state index in [2.05, 4.69) is 0 Å². The number of hydrogen-bond donors (Lipinski definition) is 0. The van der Waals surface area contributed by atoms with Crippen LogP contribution >= 0.6 is 0 Å².